The van der Waals surface area contributed by atoms with Gasteiger partial charge < -0.3 is 15.2 Å². The van der Waals surface area contributed by atoms with E-state index in [0.29, 0.717) is 31.3 Å². The van der Waals surface area contributed by atoms with E-state index in [1.807, 2.05) is 32.2 Å². The van der Waals surface area contributed by atoms with E-state index >= 15 is 0 Å². The molecular formula is C16H25ClN2O2. The van der Waals surface area contributed by atoms with Crippen molar-refractivity contribution in [2.75, 3.05) is 33.3 Å². The molecule has 1 fully saturated rings. The van der Waals surface area contributed by atoms with Crippen LogP contribution in [0.25, 0.3) is 0 Å². The number of β-amino-alcohol motifs (C(OH)–C–C–N with tert-alkyl or cyclic N) is 1. The van der Waals surface area contributed by atoms with Gasteiger partial charge in [-0.2, -0.15) is 0 Å². The predicted molar refractivity (Wildman–Crippen MR) is 86.0 cm³/mol. The van der Waals surface area contributed by atoms with Gasteiger partial charge in [0.05, 0.1) is 12.2 Å². The average Bonchev–Trinajstić information content (AvgIpc) is 2.42. The monoisotopic (exact) mass is 312 g/mol. The lowest BCUT2D eigenvalue weighted by Gasteiger charge is -2.36. The van der Waals surface area contributed by atoms with Crippen molar-refractivity contribution in [3.8, 4) is 5.75 Å². The molecule has 0 amide bonds. The minimum atomic E-state index is -0.642. The Balaban J connectivity index is 2.01. The number of aliphatic hydroxyl groups is 1. The summed E-state index contributed by atoms with van der Waals surface area (Å²) in [6, 6.07) is 5.69. The second-order valence-electron chi connectivity index (χ2n) is 5.86. The SMILES string of the molecule is CCOc1ccc(Cl)cc1CN(C)CC1(O)CCCNC1. The molecule has 5 heteroatoms. The smallest absolute Gasteiger partial charge is 0.123 e. The van der Waals surface area contributed by atoms with Crippen molar-refractivity contribution in [2.45, 2.75) is 31.9 Å². The molecule has 0 saturated carbocycles. The molecule has 4 nitrogen and oxygen atoms in total. The van der Waals surface area contributed by atoms with Gasteiger partial charge in [-0.15, -0.1) is 0 Å². The standard InChI is InChI=1S/C16H25ClN2O2/c1-3-21-15-6-5-14(17)9-13(15)10-19(2)12-16(20)7-4-8-18-11-16/h5-6,9,18,20H,3-4,7-8,10-12H2,1-2H3. The van der Waals surface area contributed by atoms with Crippen LogP contribution in [0.1, 0.15) is 25.3 Å². The van der Waals surface area contributed by atoms with Gasteiger partial charge in [0, 0.05) is 30.2 Å². The first-order valence-electron chi connectivity index (χ1n) is 7.55. The molecule has 0 bridgehead atoms. The van der Waals surface area contributed by atoms with Crippen molar-refractivity contribution in [1.29, 1.82) is 0 Å². The summed E-state index contributed by atoms with van der Waals surface area (Å²) in [5.74, 6) is 0.863. The first-order chi connectivity index (χ1) is 10.0. The Kier molecular flexibility index (Phi) is 5.88. The Bertz CT molecular complexity index is 462. The van der Waals surface area contributed by atoms with Gasteiger partial charge in [-0.25, -0.2) is 0 Å². The molecule has 0 aromatic heterocycles. The van der Waals surface area contributed by atoms with Crippen LogP contribution in [0.2, 0.25) is 5.02 Å². The quantitative estimate of drug-likeness (QED) is 0.846. The summed E-state index contributed by atoms with van der Waals surface area (Å²) in [4.78, 5) is 2.13. The number of nitrogens with zero attached hydrogens (tertiary/aromatic N) is 1. The van der Waals surface area contributed by atoms with Crippen molar-refractivity contribution in [3.05, 3.63) is 28.8 Å². The van der Waals surface area contributed by atoms with E-state index in [1.165, 1.54) is 0 Å². The molecule has 1 aliphatic heterocycles. The third-order valence-electron chi connectivity index (χ3n) is 3.78. The van der Waals surface area contributed by atoms with E-state index in [2.05, 4.69) is 10.2 Å². The van der Waals surface area contributed by atoms with Crippen LogP contribution >= 0.6 is 11.6 Å². The molecule has 1 aliphatic rings. The number of rotatable bonds is 6. The number of benzene rings is 1. The van der Waals surface area contributed by atoms with Crippen LogP contribution < -0.4 is 10.1 Å². The van der Waals surface area contributed by atoms with Gasteiger partial charge in [0.15, 0.2) is 0 Å². The van der Waals surface area contributed by atoms with Gasteiger partial charge in [0.25, 0.3) is 0 Å². The van der Waals surface area contributed by atoms with Crippen molar-refractivity contribution in [3.63, 3.8) is 0 Å². The molecule has 1 aromatic carbocycles. The highest BCUT2D eigenvalue weighted by Crippen LogP contribution is 2.25. The maximum absolute atomic E-state index is 10.6. The number of hydrogen-bond donors (Lipinski definition) is 2. The number of piperidine rings is 1. The predicted octanol–water partition coefficient (Wildman–Crippen LogP) is 2.29. The van der Waals surface area contributed by atoms with E-state index < -0.39 is 5.60 Å². The zero-order chi connectivity index (χ0) is 15.3. The lowest BCUT2D eigenvalue weighted by molar-refractivity contribution is -0.0113. The number of nitrogens with one attached hydrogen (secondary N) is 1. The van der Waals surface area contributed by atoms with Crippen molar-refractivity contribution < 1.29 is 9.84 Å². The number of halogens is 1. The summed E-state index contributed by atoms with van der Waals surface area (Å²) >= 11 is 6.09. The van der Waals surface area contributed by atoms with E-state index in [9.17, 15) is 5.11 Å². The van der Waals surface area contributed by atoms with Gasteiger partial charge in [0.2, 0.25) is 0 Å². The number of hydrogen-bond acceptors (Lipinski definition) is 4. The molecule has 1 atom stereocenters. The topological polar surface area (TPSA) is 44.7 Å². The van der Waals surface area contributed by atoms with Crippen LogP contribution in [0.5, 0.6) is 5.75 Å². The molecule has 118 valence electrons. The molecular weight excluding hydrogens is 288 g/mol. The fraction of sp³-hybridized carbons (Fsp3) is 0.625. The highest BCUT2D eigenvalue weighted by molar-refractivity contribution is 6.30. The second-order valence-corrected chi connectivity index (χ2v) is 6.30. The summed E-state index contributed by atoms with van der Waals surface area (Å²) in [6.45, 7) is 5.60. The minimum Gasteiger partial charge on any atom is -0.494 e. The third-order valence-corrected chi connectivity index (χ3v) is 4.01. The van der Waals surface area contributed by atoms with Gasteiger partial charge >= 0.3 is 0 Å². The van der Waals surface area contributed by atoms with Crippen LogP contribution in [-0.2, 0) is 6.54 Å². The fourth-order valence-electron chi connectivity index (χ4n) is 2.90. The molecule has 0 radical (unpaired) electrons. The molecule has 0 aliphatic carbocycles. The largest absolute Gasteiger partial charge is 0.494 e. The Morgan fingerprint density at radius 1 is 1.48 bits per heavy atom. The van der Waals surface area contributed by atoms with Crippen LogP contribution in [0, 0.1) is 0 Å². The average molecular weight is 313 g/mol. The van der Waals surface area contributed by atoms with Crippen molar-refractivity contribution >= 4 is 11.6 Å². The van der Waals surface area contributed by atoms with Crippen LogP contribution in [0.15, 0.2) is 18.2 Å². The summed E-state index contributed by atoms with van der Waals surface area (Å²) in [5.41, 5.74) is 0.413. The molecule has 1 saturated heterocycles. The van der Waals surface area contributed by atoms with Gasteiger partial charge in [-0.3, -0.25) is 4.90 Å². The third kappa shape index (κ3) is 4.85. The van der Waals surface area contributed by atoms with E-state index in [0.717, 1.165) is 30.7 Å². The fourth-order valence-corrected chi connectivity index (χ4v) is 3.10. The zero-order valence-corrected chi connectivity index (χ0v) is 13.6. The number of ether oxygens (including phenoxy) is 1. The van der Waals surface area contributed by atoms with Gasteiger partial charge in [-0.05, 0) is 51.6 Å². The Morgan fingerprint density at radius 2 is 2.29 bits per heavy atom. The molecule has 1 aromatic rings. The normalized spacial score (nSPS) is 22.5. The number of likely N-dealkylation sites (N-methyl/N-ethyl adjacent to an activating group) is 1. The summed E-state index contributed by atoms with van der Waals surface area (Å²) in [7, 11) is 2.02. The van der Waals surface area contributed by atoms with E-state index in [1.54, 1.807) is 0 Å². The summed E-state index contributed by atoms with van der Waals surface area (Å²) < 4.78 is 5.65. The molecule has 1 heterocycles. The molecule has 2 N–H and O–H groups in total. The van der Waals surface area contributed by atoms with Gasteiger partial charge in [-0.1, -0.05) is 11.6 Å². The van der Waals surface area contributed by atoms with Crippen molar-refractivity contribution in [1.82, 2.24) is 10.2 Å². The summed E-state index contributed by atoms with van der Waals surface area (Å²) in [5, 5.41) is 14.6. The van der Waals surface area contributed by atoms with Crippen LogP contribution in [-0.4, -0.2) is 48.9 Å². The lowest BCUT2D eigenvalue weighted by Crippen LogP contribution is -2.52. The Labute approximate surface area is 132 Å². The maximum Gasteiger partial charge on any atom is 0.123 e. The highest BCUT2D eigenvalue weighted by Gasteiger charge is 2.30. The molecule has 2 rings (SSSR count). The Morgan fingerprint density at radius 3 is 2.95 bits per heavy atom. The van der Waals surface area contributed by atoms with Crippen LogP contribution in [0.3, 0.4) is 0 Å². The van der Waals surface area contributed by atoms with E-state index in [-0.39, 0.29) is 0 Å². The van der Waals surface area contributed by atoms with Gasteiger partial charge in [0.1, 0.15) is 5.75 Å². The summed E-state index contributed by atoms with van der Waals surface area (Å²) in [6.07, 6.45) is 1.86. The molecule has 21 heavy (non-hydrogen) atoms. The molecule has 1 unspecified atom stereocenters. The maximum atomic E-state index is 10.6. The Hall–Kier alpha value is -0.810. The molecule has 0 spiro atoms. The van der Waals surface area contributed by atoms with Crippen LogP contribution in [0.4, 0.5) is 0 Å². The first kappa shape index (κ1) is 16.6. The lowest BCUT2D eigenvalue weighted by atomic mass is 9.93. The van der Waals surface area contributed by atoms with E-state index in [4.69, 9.17) is 16.3 Å². The highest BCUT2D eigenvalue weighted by atomic mass is 35.5. The van der Waals surface area contributed by atoms with Crippen molar-refractivity contribution in [2.24, 2.45) is 0 Å². The first-order valence-corrected chi connectivity index (χ1v) is 7.93. The zero-order valence-electron chi connectivity index (χ0n) is 12.9. The minimum absolute atomic E-state index is 0.631. The second kappa shape index (κ2) is 7.45.